The molecule has 1 nitrogen and oxygen atoms in total. The molecule has 1 aromatic heterocycles. The topological polar surface area (TPSA) is 23.8 Å². The average molecular weight is 191 g/mol. The molecule has 2 rings (SSSR count). The number of hydrogen-bond acceptors (Lipinski definition) is 2. The lowest BCUT2D eigenvalue weighted by Gasteiger charge is -2.24. The van der Waals surface area contributed by atoms with Crippen LogP contribution in [0.5, 0.6) is 0 Å². The molecule has 0 amide bonds. The van der Waals surface area contributed by atoms with E-state index in [1.165, 1.54) is 30.6 Å². The van der Waals surface area contributed by atoms with Crippen molar-refractivity contribution in [2.24, 2.45) is 0 Å². The quantitative estimate of drug-likeness (QED) is 0.702. The van der Waals surface area contributed by atoms with Gasteiger partial charge in [0.05, 0.1) is 6.07 Å². The van der Waals surface area contributed by atoms with E-state index in [-0.39, 0.29) is 5.41 Å². The number of nitrogens with zero attached hydrogens (tertiary/aromatic N) is 1. The maximum atomic E-state index is 8.85. The van der Waals surface area contributed by atoms with Gasteiger partial charge < -0.3 is 0 Å². The van der Waals surface area contributed by atoms with Gasteiger partial charge in [-0.1, -0.05) is 18.9 Å². The zero-order valence-electron chi connectivity index (χ0n) is 7.62. The first-order valence-electron chi connectivity index (χ1n) is 4.78. The molecule has 1 aliphatic rings. The van der Waals surface area contributed by atoms with Crippen LogP contribution in [0.3, 0.4) is 0 Å². The largest absolute Gasteiger partial charge is 0.198 e. The summed E-state index contributed by atoms with van der Waals surface area (Å²) in [6.07, 6.45) is 5.70. The molecule has 13 heavy (non-hydrogen) atoms. The summed E-state index contributed by atoms with van der Waals surface area (Å²) < 4.78 is 0. The van der Waals surface area contributed by atoms with Crippen LogP contribution in [0, 0.1) is 11.3 Å². The average Bonchev–Trinajstić information content (AvgIpc) is 2.73. The van der Waals surface area contributed by atoms with E-state index in [1.807, 2.05) is 11.3 Å². The monoisotopic (exact) mass is 191 g/mol. The third-order valence-electron chi connectivity index (χ3n) is 3.02. The van der Waals surface area contributed by atoms with Crippen molar-refractivity contribution in [3.8, 4) is 6.07 Å². The molecule has 1 aliphatic carbocycles. The van der Waals surface area contributed by atoms with E-state index in [0.29, 0.717) is 6.42 Å². The van der Waals surface area contributed by atoms with Crippen molar-refractivity contribution in [1.29, 1.82) is 5.26 Å². The summed E-state index contributed by atoms with van der Waals surface area (Å²) in [6.45, 7) is 0. The van der Waals surface area contributed by atoms with E-state index < -0.39 is 0 Å². The van der Waals surface area contributed by atoms with Crippen LogP contribution in [0.15, 0.2) is 17.5 Å². The van der Waals surface area contributed by atoms with Crippen LogP contribution in [-0.2, 0) is 5.41 Å². The van der Waals surface area contributed by atoms with Gasteiger partial charge in [0, 0.05) is 16.7 Å². The summed E-state index contributed by atoms with van der Waals surface area (Å²) in [6, 6.07) is 6.63. The highest BCUT2D eigenvalue weighted by atomic mass is 32.1. The van der Waals surface area contributed by atoms with Crippen molar-refractivity contribution in [2.45, 2.75) is 37.5 Å². The third-order valence-corrected chi connectivity index (χ3v) is 4.14. The van der Waals surface area contributed by atoms with Gasteiger partial charge in [0.2, 0.25) is 0 Å². The zero-order chi connectivity index (χ0) is 9.15. The molecule has 0 unspecified atom stereocenters. The molecule has 1 heterocycles. The maximum Gasteiger partial charge on any atom is 0.0631 e. The van der Waals surface area contributed by atoms with Gasteiger partial charge in [-0.05, 0) is 24.3 Å². The van der Waals surface area contributed by atoms with Crippen molar-refractivity contribution in [3.63, 3.8) is 0 Å². The molecule has 0 radical (unpaired) electrons. The smallest absolute Gasteiger partial charge is 0.0631 e. The highest BCUT2D eigenvalue weighted by molar-refractivity contribution is 7.10. The Labute approximate surface area is 83.0 Å². The Morgan fingerprint density at radius 2 is 2.23 bits per heavy atom. The van der Waals surface area contributed by atoms with Crippen LogP contribution in [0.2, 0.25) is 0 Å². The molecule has 0 spiro atoms. The lowest BCUT2D eigenvalue weighted by atomic mass is 9.82. The normalized spacial score (nSPS) is 19.9. The first kappa shape index (κ1) is 8.77. The van der Waals surface area contributed by atoms with Crippen LogP contribution < -0.4 is 0 Å². The molecule has 0 saturated heterocycles. The molecule has 0 N–H and O–H groups in total. The Kier molecular flexibility index (Phi) is 2.37. The van der Waals surface area contributed by atoms with Crippen LogP contribution in [0.25, 0.3) is 0 Å². The standard InChI is InChI=1S/C11H13NS/c12-8-7-11(5-1-2-6-11)10-4-3-9-13-10/h3-4,9H,1-2,5-7H2. The van der Waals surface area contributed by atoms with Crippen LogP contribution in [-0.4, -0.2) is 0 Å². The van der Waals surface area contributed by atoms with Crippen molar-refractivity contribution in [2.75, 3.05) is 0 Å². The van der Waals surface area contributed by atoms with Gasteiger partial charge in [-0.3, -0.25) is 0 Å². The summed E-state index contributed by atoms with van der Waals surface area (Å²) in [5.41, 5.74) is 0.225. The van der Waals surface area contributed by atoms with Crippen LogP contribution in [0.1, 0.15) is 37.0 Å². The predicted octanol–water partition coefficient (Wildman–Crippen LogP) is 3.47. The highest BCUT2D eigenvalue weighted by Gasteiger charge is 2.36. The molecule has 1 saturated carbocycles. The fourth-order valence-electron chi connectivity index (χ4n) is 2.29. The van der Waals surface area contributed by atoms with Gasteiger partial charge in [0.25, 0.3) is 0 Å². The molecular formula is C11H13NS. The Morgan fingerprint density at radius 3 is 2.77 bits per heavy atom. The van der Waals surface area contributed by atoms with Gasteiger partial charge in [-0.15, -0.1) is 11.3 Å². The minimum absolute atomic E-state index is 0.225. The molecular weight excluding hydrogens is 178 g/mol. The summed E-state index contributed by atoms with van der Waals surface area (Å²) >= 11 is 1.81. The fraction of sp³-hybridized carbons (Fsp3) is 0.545. The second-order valence-electron chi connectivity index (χ2n) is 3.80. The van der Waals surface area contributed by atoms with Crippen molar-refractivity contribution in [3.05, 3.63) is 22.4 Å². The lowest BCUT2D eigenvalue weighted by Crippen LogP contribution is -2.19. The van der Waals surface area contributed by atoms with Gasteiger partial charge in [0.1, 0.15) is 0 Å². The summed E-state index contributed by atoms with van der Waals surface area (Å²) in [4.78, 5) is 1.42. The molecule has 0 atom stereocenters. The third kappa shape index (κ3) is 1.49. The predicted molar refractivity (Wildman–Crippen MR) is 54.7 cm³/mol. The lowest BCUT2D eigenvalue weighted by molar-refractivity contribution is 0.461. The minimum atomic E-state index is 0.225. The summed E-state index contributed by atoms with van der Waals surface area (Å²) in [7, 11) is 0. The van der Waals surface area contributed by atoms with Crippen LogP contribution >= 0.6 is 11.3 Å². The summed E-state index contributed by atoms with van der Waals surface area (Å²) in [5, 5.41) is 11.0. The molecule has 1 fully saturated rings. The number of rotatable bonds is 2. The Balaban J connectivity index is 2.29. The van der Waals surface area contributed by atoms with E-state index in [2.05, 4.69) is 23.6 Å². The number of thiophene rings is 1. The Hall–Kier alpha value is -0.810. The molecule has 0 bridgehead atoms. The molecule has 2 heteroatoms. The zero-order valence-corrected chi connectivity index (χ0v) is 8.44. The van der Waals surface area contributed by atoms with E-state index >= 15 is 0 Å². The minimum Gasteiger partial charge on any atom is -0.198 e. The highest BCUT2D eigenvalue weighted by Crippen LogP contribution is 2.45. The van der Waals surface area contributed by atoms with Gasteiger partial charge in [0.15, 0.2) is 0 Å². The number of nitriles is 1. The van der Waals surface area contributed by atoms with Crippen molar-refractivity contribution < 1.29 is 0 Å². The second-order valence-corrected chi connectivity index (χ2v) is 4.75. The molecule has 0 aromatic carbocycles. The fourth-order valence-corrected chi connectivity index (χ4v) is 3.28. The maximum absolute atomic E-state index is 8.85. The molecule has 68 valence electrons. The van der Waals surface area contributed by atoms with Gasteiger partial charge in [-0.25, -0.2) is 0 Å². The number of hydrogen-bond donors (Lipinski definition) is 0. The molecule has 1 aromatic rings. The van der Waals surface area contributed by atoms with Crippen molar-refractivity contribution >= 4 is 11.3 Å². The first-order chi connectivity index (χ1) is 6.37. The van der Waals surface area contributed by atoms with Crippen LogP contribution in [0.4, 0.5) is 0 Å². The van der Waals surface area contributed by atoms with Gasteiger partial charge >= 0.3 is 0 Å². The van der Waals surface area contributed by atoms with Gasteiger partial charge in [-0.2, -0.15) is 5.26 Å². The Morgan fingerprint density at radius 1 is 1.46 bits per heavy atom. The van der Waals surface area contributed by atoms with E-state index in [9.17, 15) is 0 Å². The van der Waals surface area contributed by atoms with E-state index in [4.69, 9.17) is 5.26 Å². The Bertz CT molecular complexity index is 301. The van der Waals surface area contributed by atoms with E-state index in [0.717, 1.165) is 0 Å². The van der Waals surface area contributed by atoms with E-state index in [1.54, 1.807) is 0 Å². The first-order valence-corrected chi connectivity index (χ1v) is 5.66. The second kappa shape index (κ2) is 3.51. The molecule has 0 aliphatic heterocycles. The SMILES string of the molecule is N#CCC1(c2cccs2)CCCC1. The van der Waals surface area contributed by atoms with Crippen molar-refractivity contribution in [1.82, 2.24) is 0 Å². The summed E-state index contributed by atoms with van der Waals surface area (Å²) in [5.74, 6) is 0.